The molecule has 3 aromatic heterocycles. The van der Waals surface area contributed by atoms with Crippen LogP contribution in [0.25, 0.3) is 16.3 Å². The molecule has 0 saturated heterocycles. The number of rotatable bonds is 6. The molecular formula is C21H21N5OS2. The Balaban J connectivity index is 1.48. The van der Waals surface area contributed by atoms with Crippen LogP contribution in [0.4, 0.5) is 0 Å². The summed E-state index contributed by atoms with van der Waals surface area (Å²) in [7, 11) is 1.86. The smallest absolute Gasteiger partial charge is 0.228 e. The van der Waals surface area contributed by atoms with Crippen molar-refractivity contribution >= 4 is 28.6 Å². The molecule has 0 N–H and O–H groups in total. The van der Waals surface area contributed by atoms with Crippen LogP contribution in [0.5, 0.6) is 0 Å². The number of aryl methyl sites for hydroxylation is 1. The molecule has 148 valence electrons. The van der Waals surface area contributed by atoms with E-state index < -0.39 is 0 Å². The Kier molecular flexibility index (Phi) is 5.55. The highest BCUT2D eigenvalue weighted by molar-refractivity contribution is 7.15. The van der Waals surface area contributed by atoms with Gasteiger partial charge in [-0.15, -0.1) is 22.7 Å². The minimum absolute atomic E-state index is 0.0356. The first-order valence-electron chi connectivity index (χ1n) is 9.23. The third kappa shape index (κ3) is 4.13. The highest BCUT2D eigenvalue weighted by Crippen LogP contribution is 2.32. The summed E-state index contributed by atoms with van der Waals surface area (Å²) in [4.78, 5) is 25.6. The van der Waals surface area contributed by atoms with Gasteiger partial charge in [0, 0.05) is 11.9 Å². The fourth-order valence-electron chi connectivity index (χ4n) is 3.14. The van der Waals surface area contributed by atoms with E-state index in [2.05, 4.69) is 21.1 Å². The average molecular weight is 424 g/mol. The van der Waals surface area contributed by atoms with Crippen molar-refractivity contribution in [2.45, 2.75) is 26.3 Å². The molecule has 4 rings (SSSR count). The molecule has 0 bridgehead atoms. The Morgan fingerprint density at radius 1 is 1.24 bits per heavy atom. The first kappa shape index (κ1) is 19.5. The largest absolute Gasteiger partial charge is 0.339 e. The highest BCUT2D eigenvalue weighted by atomic mass is 32.1. The number of nitrogens with zero attached hydrogens (tertiary/aromatic N) is 5. The molecule has 29 heavy (non-hydrogen) atoms. The van der Waals surface area contributed by atoms with E-state index in [0.717, 1.165) is 31.7 Å². The normalized spacial score (nSPS) is 12.1. The molecule has 0 radical (unpaired) electrons. The molecular weight excluding hydrogens is 402 g/mol. The highest BCUT2D eigenvalue weighted by Gasteiger charge is 2.21. The van der Waals surface area contributed by atoms with Gasteiger partial charge in [-0.1, -0.05) is 18.2 Å². The third-order valence-electron chi connectivity index (χ3n) is 4.90. The van der Waals surface area contributed by atoms with Crippen LogP contribution in [0.2, 0.25) is 0 Å². The molecule has 0 aliphatic heterocycles. The van der Waals surface area contributed by atoms with Crippen molar-refractivity contribution in [3.63, 3.8) is 0 Å². The molecule has 1 amide bonds. The second-order valence-corrected chi connectivity index (χ2v) is 9.01. The molecule has 1 unspecified atom stereocenters. The number of amides is 1. The second kappa shape index (κ2) is 8.26. The van der Waals surface area contributed by atoms with Crippen LogP contribution >= 0.6 is 22.7 Å². The quantitative estimate of drug-likeness (QED) is 0.457. The zero-order valence-corrected chi connectivity index (χ0v) is 18.1. The molecule has 8 heteroatoms. The Morgan fingerprint density at radius 2 is 2.03 bits per heavy atom. The molecule has 6 nitrogen and oxygen atoms in total. The lowest BCUT2D eigenvalue weighted by Gasteiger charge is -2.25. The van der Waals surface area contributed by atoms with Gasteiger partial charge >= 0.3 is 0 Å². The van der Waals surface area contributed by atoms with Crippen LogP contribution in [-0.2, 0) is 11.2 Å². The maximum absolute atomic E-state index is 13.0. The number of thiazole rings is 1. The Bertz CT molecular complexity index is 1090. The summed E-state index contributed by atoms with van der Waals surface area (Å²) in [6.45, 7) is 4.03. The number of benzene rings is 1. The lowest BCUT2D eigenvalue weighted by molar-refractivity contribution is -0.131. The first-order chi connectivity index (χ1) is 14.0. The number of carbonyl (C=O) groups is 1. The molecule has 1 aromatic carbocycles. The zero-order valence-electron chi connectivity index (χ0n) is 16.4. The average Bonchev–Trinajstić information content (AvgIpc) is 3.49. The molecule has 1 atom stereocenters. The summed E-state index contributed by atoms with van der Waals surface area (Å²) in [6, 6.07) is 12.1. The molecule has 0 saturated carbocycles. The predicted octanol–water partition coefficient (Wildman–Crippen LogP) is 4.52. The summed E-state index contributed by atoms with van der Waals surface area (Å²) >= 11 is 3.25. The van der Waals surface area contributed by atoms with Gasteiger partial charge in [-0.25, -0.2) is 14.6 Å². The van der Waals surface area contributed by atoms with Gasteiger partial charge in [-0.05, 0) is 43.0 Å². The third-order valence-corrected chi connectivity index (χ3v) is 6.75. The molecule has 0 aliphatic carbocycles. The number of likely N-dealkylation sites (N-methyl/N-ethyl adjacent to an activating group) is 1. The number of carbonyl (C=O) groups excluding carboxylic acids is 1. The minimum atomic E-state index is -0.0356. The van der Waals surface area contributed by atoms with Crippen molar-refractivity contribution in [2.75, 3.05) is 7.05 Å². The van der Waals surface area contributed by atoms with Gasteiger partial charge < -0.3 is 4.90 Å². The van der Waals surface area contributed by atoms with Crippen LogP contribution in [0, 0.1) is 6.92 Å². The van der Waals surface area contributed by atoms with Crippen LogP contribution in [-0.4, -0.2) is 37.6 Å². The maximum Gasteiger partial charge on any atom is 0.228 e. The second-order valence-electron chi connectivity index (χ2n) is 6.77. The number of thiophene rings is 1. The minimum Gasteiger partial charge on any atom is -0.339 e. The van der Waals surface area contributed by atoms with Crippen LogP contribution in [0.3, 0.4) is 0 Å². The molecule has 0 fully saturated rings. The zero-order chi connectivity index (χ0) is 20.4. The maximum atomic E-state index is 13.0. The fourth-order valence-corrected chi connectivity index (χ4v) is 4.89. The van der Waals surface area contributed by atoms with Crippen molar-refractivity contribution in [1.29, 1.82) is 0 Å². The lowest BCUT2D eigenvalue weighted by atomic mass is 10.1. The van der Waals surface area contributed by atoms with Gasteiger partial charge in [0.15, 0.2) is 0 Å². The summed E-state index contributed by atoms with van der Waals surface area (Å²) < 4.78 is 1.71. The van der Waals surface area contributed by atoms with E-state index in [4.69, 9.17) is 0 Å². The monoisotopic (exact) mass is 423 g/mol. The number of aromatic nitrogens is 4. The van der Waals surface area contributed by atoms with Crippen LogP contribution < -0.4 is 0 Å². The van der Waals surface area contributed by atoms with E-state index >= 15 is 0 Å². The summed E-state index contributed by atoms with van der Waals surface area (Å²) in [5.41, 5.74) is 2.95. The van der Waals surface area contributed by atoms with Gasteiger partial charge in [-0.2, -0.15) is 5.10 Å². The SMILES string of the molecule is Cc1nc(-c2cccs2)c(CC(=O)N(C)C(C)c2ccc(-n3cncn3)cc2)s1. The van der Waals surface area contributed by atoms with Gasteiger partial charge in [-0.3, -0.25) is 4.79 Å². The standard InChI is InChI=1S/C21H21N5OS2/c1-14(16-6-8-17(9-7-16)26-13-22-12-23-26)25(3)20(27)11-19-21(24-15(2)29-19)18-5-4-10-28-18/h4-10,12-14H,11H2,1-3H3. The summed E-state index contributed by atoms with van der Waals surface area (Å²) in [6.07, 6.45) is 3.53. The molecule has 3 heterocycles. The Morgan fingerprint density at radius 3 is 2.69 bits per heavy atom. The van der Waals surface area contributed by atoms with Crippen molar-refractivity contribution in [3.8, 4) is 16.3 Å². The van der Waals surface area contributed by atoms with Gasteiger partial charge in [0.2, 0.25) is 5.91 Å². The van der Waals surface area contributed by atoms with Crippen molar-refractivity contribution in [2.24, 2.45) is 0 Å². The molecule has 0 aliphatic rings. The van der Waals surface area contributed by atoms with E-state index in [0.29, 0.717) is 6.42 Å². The number of hydrogen-bond donors (Lipinski definition) is 0. The lowest BCUT2D eigenvalue weighted by Crippen LogP contribution is -2.30. The first-order valence-corrected chi connectivity index (χ1v) is 10.9. The summed E-state index contributed by atoms with van der Waals surface area (Å²) in [5.74, 6) is 0.0827. The number of hydrogen-bond acceptors (Lipinski definition) is 6. The van der Waals surface area contributed by atoms with Gasteiger partial charge in [0.1, 0.15) is 12.7 Å². The fraction of sp³-hybridized carbons (Fsp3) is 0.238. The van der Waals surface area contributed by atoms with E-state index in [1.54, 1.807) is 38.6 Å². The molecule has 4 aromatic rings. The van der Waals surface area contributed by atoms with Crippen molar-refractivity contribution in [3.05, 3.63) is 69.9 Å². The van der Waals surface area contributed by atoms with E-state index in [9.17, 15) is 4.79 Å². The van der Waals surface area contributed by atoms with Crippen molar-refractivity contribution < 1.29 is 4.79 Å². The molecule has 0 spiro atoms. The van der Waals surface area contributed by atoms with Crippen molar-refractivity contribution in [1.82, 2.24) is 24.6 Å². The van der Waals surface area contributed by atoms with Crippen LogP contribution in [0.15, 0.2) is 54.4 Å². The van der Waals surface area contributed by atoms with E-state index in [1.807, 2.05) is 56.6 Å². The van der Waals surface area contributed by atoms with Gasteiger partial charge in [0.25, 0.3) is 0 Å². The predicted molar refractivity (Wildman–Crippen MR) is 116 cm³/mol. The Labute approximate surface area is 177 Å². The van der Waals surface area contributed by atoms with E-state index in [-0.39, 0.29) is 11.9 Å². The summed E-state index contributed by atoms with van der Waals surface area (Å²) in [5, 5.41) is 7.16. The van der Waals surface area contributed by atoms with E-state index in [1.165, 1.54) is 6.33 Å². The van der Waals surface area contributed by atoms with Gasteiger partial charge in [0.05, 0.1) is 33.7 Å². The van der Waals surface area contributed by atoms with Crippen LogP contribution in [0.1, 0.15) is 28.4 Å². The Hall–Kier alpha value is -2.84. The topological polar surface area (TPSA) is 63.9 Å².